The maximum atomic E-state index is 12.3. The van der Waals surface area contributed by atoms with E-state index < -0.39 is 0 Å². The molecule has 0 saturated carbocycles. The minimum atomic E-state index is -0.173. The van der Waals surface area contributed by atoms with E-state index in [1.807, 2.05) is 24.6 Å². The Morgan fingerprint density at radius 3 is 2.68 bits per heavy atom. The van der Waals surface area contributed by atoms with Gasteiger partial charge in [-0.25, -0.2) is 0 Å². The molecule has 3 aromatic rings. The third kappa shape index (κ3) is 6.38. The minimum Gasteiger partial charge on any atom is -0.496 e. The topological polar surface area (TPSA) is 69.0 Å². The molecule has 0 unspecified atom stereocenters. The predicted octanol–water partition coefficient (Wildman–Crippen LogP) is 5.35. The van der Waals surface area contributed by atoms with Crippen LogP contribution in [0.3, 0.4) is 0 Å². The van der Waals surface area contributed by atoms with Crippen LogP contribution in [0.15, 0.2) is 41.6 Å². The van der Waals surface area contributed by atoms with Crippen molar-refractivity contribution < 1.29 is 9.53 Å². The van der Waals surface area contributed by atoms with E-state index in [2.05, 4.69) is 27.6 Å². The van der Waals surface area contributed by atoms with Crippen LogP contribution in [-0.2, 0) is 24.7 Å². The number of aryl methyl sites for hydroxylation is 3. The van der Waals surface area contributed by atoms with Crippen molar-refractivity contribution in [1.82, 2.24) is 14.8 Å². The Balaban J connectivity index is 1.49. The fraction of sp³-hybridized carbons (Fsp3) is 0.318. The SMILES string of the molecule is COc1ccc(CCCc2nnc(SCC(=O)Nc3ccc(Cl)cc3Cl)n2C)cc1C. The van der Waals surface area contributed by atoms with Crippen LogP contribution >= 0.6 is 35.0 Å². The van der Waals surface area contributed by atoms with Crippen molar-refractivity contribution in [3.8, 4) is 5.75 Å². The quantitative estimate of drug-likeness (QED) is 0.420. The molecule has 6 nitrogen and oxygen atoms in total. The Labute approximate surface area is 196 Å². The fourth-order valence-corrected chi connectivity index (χ4v) is 4.33. The molecular formula is C22H24Cl2N4O2S. The van der Waals surface area contributed by atoms with Gasteiger partial charge in [-0.2, -0.15) is 0 Å². The number of nitrogens with one attached hydrogen (secondary N) is 1. The number of amides is 1. The van der Waals surface area contributed by atoms with Crippen molar-refractivity contribution in [3.63, 3.8) is 0 Å². The van der Waals surface area contributed by atoms with E-state index in [4.69, 9.17) is 27.9 Å². The summed E-state index contributed by atoms with van der Waals surface area (Å²) in [5.41, 5.74) is 2.94. The minimum absolute atomic E-state index is 0.173. The molecule has 1 amide bonds. The van der Waals surface area contributed by atoms with E-state index in [0.29, 0.717) is 20.9 Å². The molecule has 0 atom stereocenters. The van der Waals surface area contributed by atoms with Gasteiger partial charge in [-0.15, -0.1) is 10.2 Å². The number of carbonyl (C=O) groups is 1. The van der Waals surface area contributed by atoms with Crippen molar-refractivity contribution >= 4 is 46.6 Å². The van der Waals surface area contributed by atoms with E-state index in [0.717, 1.165) is 36.4 Å². The number of thioether (sulfide) groups is 1. The first-order valence-corrected chi connectivity index (χ1v) is 11.5. The summed E-state index contributed by atoms with van der Waals surface area (Å²) < 4.78 is 7.25. The van der Waals surface area contributed by atoms with Crippen molar-refractivity contribution in [3.05, 3.63) is 63.4 Å². The van der Waals surface area contributed by atoms with Crippen LogP contribution in [0, 0.1) is 6.92 Å². The highest BCUT2D eigenvalue weighted by molar-refractivity contribution is 7.99. The van der Waals surface area contributed by atoms with Crippen LogP contribution in [0.1, 0.15) is 23.4 Å². The molecule has 0 aliphatic carbocycles. The number of halogens is 2. The average Bonchev–Trinajstić information content (AvgIpc) is 3.08. The van der Waals surface area contributed by atoms with Crippen LogP contribution in [0.25, 0.3) is 0 Å². The van der Waals surface area contributed by atoms with Crippen molar-refractivity contribution in [2.24, 2.45) is 7.05 Å². The summed E-state index contributed by atoms with van der Waals surface area (Å²) in [5.74, 6) is 1.83. The average molecular weight is 479 g/mol. The number of anilines is 1. The zero-order valence-electron chi connectivity index (χ0n) is 17.6. The van der Waals surface area contributed by atoms with Crippen molar-refractivity contribution in [2.75, 3.05) is 18.2 Å². The predicted molar refractivity (Wildman–Crippen MR) is 127 cm³/mol. The monoisotopic (exact) mass is 478 g/mol. The molecule has 0 fully saturated rings. The number of hydrogen-bond acceptors (Lipinski definition) is 5. The molecule has 1 aromatic heterocycles. The van der Waals surface area contributed by atoms with E-state index in [1.165, 1.54) is 17.3 Å². The summed E-state index contributed by atoms with van der Waals surface area (Å²) in [6.45, 7) is 2.05. The summed E-state index contributed by atoms with van der Waals surface area (Å²) in [5, 5.41) is 12.9. The lowest BCUT2D eigenvalue weighted by atomic mass is 10.0. The van der Waals surface area contributed by atoms with Gasteiger partial charge in [0.15, 0.2) is 5.16 Å². The highest BCUT2D eigenvalue weighted by atomic mass is 35.5. The van der Waals surface area contributed by atoms with E-state index in [9.17, 15) is 4.79 Å². The largest absolute Gasteiger partial charge is 0.496 e. The molecule has 0 aliphatic heterocycles. The molecule has 31 heavy (non-hydrogen) atoms. The molecule has 1 heterocycles. The summed E-state index contributed by atoms with van der Waals surface area (Å²) in [6, 6.07) is 11.2. The number of ether oxygens (including phenoxy) is 1. The molecule has 164 valence electrons. The van der Waals surface area contributed by atoms with Crippen LogP contribution in [-0.4, -0.2) is 33.5 Å². The molecule has 0 radical (unpaired) electrons. The van der Waals surface area contributed by atoms with Gasteiger partial charge in [-0.3, -0.25) is 4.79 Å². The van der Waals surface area contributed by atoms with Crippen LogP contribution in [0.5, 0.6) is 5.75 Å². The Kier molecular flexibility index (Phi) is 8.23. The first-order chi connectivity index (χ1) is 14.9. The fourth-order valence-electron chi connectivity index (χ4n) is 3.14. The Bertz CT molecular complexity index is 1070. The van der Waals surface area contributed by atoms with Gasteiger partial charge in [0.1, 0.15) is 11.6 Å². The van der Waals surface area contributed by atoms with Crippen LogP contribution in [0.2, 0.25) is 10.0 Å². The normalized spacial score (nSPS) is 10.9. The maximum absolute atomic E-state index is 12.3. The number of methoxy groups -OCH3 is 1. The number of rotatable bonds is 9. The Hall–Kier alpha value is -2.22. The van der Waals surface area contributed by atoms with E-state index in [-0.39, 0.29) is 11.7 Å². The lowest BCUT2D eigenvalue weighted by molar-refractivity contribution is -0.113. The smallest absolute Gasteiger partial charge is 0.234 e. The lowest BCUT2D eigenvalue weighted by Gasteiger charge is -2.08. The summed E-state index contributed by atoms with van der Waals surface area (Å²) in [4.78, 5) is 12.3. The first kappa shape index (κ1) is 23.4. The van der Waals surface area contributed by atoms with Gasteiger partial charge in [0.2, 0.25) is 5.91 Å². The highest BCUT2D eigenvalue weighted by Crippen LogP contribution is 2.26. The molecule has 9 heteroatoms. The third-order valence-electron chi connectivity index (χ3n) is 4.79. The number of aromatic nitrogens is 3. The Morgan fingerprint density at radius 1 is 1.16 bits per heavy atom. The van der Waals surface area contributed by atoms with Gasteiger partial charge >= 0.3 is 0 Å². The number of benzene rings is 2. The third-order valence-corrected chi connectivity index (χ3v) is 6.36. The summed E-state index contributed by atoms with van der Waals surface area (Å²) in [6.07, 6.45) is 2.71. The second-order valence-electron chi connectivity index (χ2n) is 7.08. The van der Waals surface area contributed by atoms with Gasteiger partial charge in [0, 0.05) is 18.5 Å². The molecule has 0 aliphatic rings. The van der Waals surface area contributed by atoms with Crippen molar-refractivity contribution in [2.45, 2.75) is 31.3 Å². The van der Waals surface area contributed by atoms with E-state index >= 15 is 0 Å². The molecule has 0 spiro atoms. The molecule has 1 N–H and O–H groups in total. The Morgan fingerprint density at radius 2 is 1.97 bits per heavy atom. The standard InChI is InChI=1S/C22H24Cl2N4O2S/c1-14-11-15(7-10-19(14)30-3)5-4-6-20-26-27-22(28(20)2)31-13-21(29)25-18-9-8-16(23)12-17(18)24/h7-12H,4-6,13H2,1-3H3,(H,25,29). The second kappa shape index (κ2) is 10.9. The van der Waals surface area contributed by atoms with Gasteiger partial charge in [0.05, 0.1) is 23.6 Å². The zero-order chi connectivity index (χ0) is 22.4. The molecular weight excluding hydrogens is 455 g/mol. The molecule has 0 saturated heterocycles. The van der Waals surface area contributed by atoms with Gasteiger partial charge in [-0.1, -0.05) is 47.1 Å². The lowest BCUT2D eigenvalue weighted by Crippen LogP contribution is -2.14. The molecule has 2 aromatic carbocycles. The van der Waals surface area contributed by atoms with Crippen LogP contribution < -0.4 is 10.1 Å². The van der Waals surface area contributed by atoms with Gasteiger partial charge in [-0.05, 0) is 55.2 Å². The number of hydrogen-bond donors (Lipinski definition) is 1. The zero-order valence-corrected chi connectivity index (χ0v) is 19.9. The van der Waals surface area contributed by atoms with Gasteiger partial charge in [0.25, 0.3) is 0 Å². The van der Waals surface area contributed by atoms with Gasteiger partial charge < -0.3 is 14.6 Å². The molecule has 3 rings (SSSR count). The maximum Gasteiger partial charge on any atom is 0.234 e. The highest BCUT2D eigenvalue weighted by Gasteiger charge is 2.13. The molecule has 0 bridgehead atoms. The number of carbonyl (C=O) groups excluding carboxylic acids is 1. The van der Waals surface area contributed by atoms with Crippen LogP contribution in [0.4, 0.5) is 5.69 Å². The second-order valence-corrected chi connectivity index (χ2v) is 8.86. The van der Waals surface area contributed by atoms with Crippen molar-refractivity contribution in [1.29, 1.82) is 0 Å². The van der Waals surface area contributed by atoms with E-state index in [1.54, 1.807) is 25.3 Å². The first-order valence-electron chi connectivity index (χ1n) is 9.77. The number of nitrogens with zero attached hydrogens (tertiary/aromatic N) is 3. The summed E-state index contributed by atoms with van der Waals surface area (Å²) >= 11 is 13.3. The summed E-state index contributed by atoms with van der Waals surface area (Å²) in [7, 11) is 3.60.